The zero-order chi connectivity index (χ0) is 18.3. The topological polar surface area (TPSA) is 77.1 Å². The lowest BCUT2D eigenvalue weighted by atomic mass is 9.93. The number of imidazole rings is 1. The normalized spacial score (nSPS) is 17.8. The summed E-state index contributed by atoms with van der Waals surface area (Å²) in [4.78, 5) is 32.7. The Bertz CT molecular complexity index is 1010. The number of hydrogen-bond acceptors (Lipinski definition) is 5. The Morgan fingerprint density at radius 2 is 1.96 bits per heavy atom. The summed E-state index contributed by atoms with van der Waals surface area (Å²) in [7, 11) is 1.55. The van der Waals surface area contributed by atoms with Crippen LogP contribution in [-0.4, -0.2) is 44.9 Å². The lowest BCUT2D eigenvalue weighted by Gasteiger charge is -2.28. The molecule has 26 heavy (non-hydrogen) atoms. The Kier molecular flexibility index (Phi) is 4.32. The van der Waals surface area contributed by atoms with Crippen LogP contribution in [0.4, 0.5) is 5.95 Å². The van der Waals surface area contributed by atoms with Gasteiger partial charge in [0.05, 0.1) is 6.54 Å². The van der Waals surface area contributed by atoms with Gasteiger partial charge in [0.2, 0.25) is 5.95 Å². The van der Waals surface area contributed by atoms with Crippen LogP contribution in [0.1, 0.15) is 32.2 Å². The lowest BCUT2D eigenvalue weighted by Crippen LogP contribution is -2.44. The summed E-state index contributed by atoms with van der Waals surface area (Å²) < 4.78 is 4.82. The minimum absolute atomic E-state index is 0.133. The summed E-state index contributed by atoms with van der Waals surface area (Å²) in [5.41, 5.74) is 0.419. The molecule has 0 atom stereocenters. The van der Waals surface area contributed by atoms with E-state index in [-0.39, 0.29) is 17.3 Å². The van der Waals surface area contributed by atoms with Gasteiger partial charge in [-0.3, -0.25) is 18.5 Å². The summed E-state index contributed by atoms with van der Waals surface area (Å²) in [6.07, 6.45) is 3.02. The first-order valence-corrected chi connectivity index (χ1v) is 9.20. The molecule has 2 aliphatic rings. The van der Waals surface area contributed by atoms with Crippen LogP contribution in [-0.2, 0) is 13.6 Å². The molecule has 2 aromatic heterocycles. The molecule has 0 aromatic carbocycles. The SMILES string of the molecule is CC#CCn1c(N2CCNCC2)nc2c1c(=O)n(C)c(=O)n2C1CCC1. The van der Waals surface area contributed by atoms with Gasteiger partial charge in [0.1, 0.15) is 0 Å². The Morgan fingerprint density at radius 3 is 2.58 bits per heavy atom. The van der Waals surface area contributed by atoms with Crippen molar-refractivity contribution >= 4 is 17.1 Å². The molecule has 8 heteroatoms. The van der Waals surface area contributed by atoms with Crippen LogP contribution in [0.5, 0.6) is 0 Å². The molecule has 0 amide bonds. The fraction of sp³-hybridized carbons (Fsp3) is 0.611. The highest BCUT2D eigenvalue weighted by atomic mass is 16.2. The number of piperazine rings is 1. The van der Waals surface area contributed by atoms with Crippen molar-refractivity contribution in [2.24, 2.45) is 7.05 Å². The molecule has 138 valence electrons. The molecule has 3 heterocycles. The molecule has 1 saturated carbocycles. The standard InChI is InChI=1S/C18H24N6O2/c1-3-4-10-23-14-15(20-17(23)22-11-8-19-9-12-22)24(13-6-5-7-13)18(26)21(2)16(14)25/h13,19H,5-12H2,1-2H3. The van der Waals surface area contributed by atoms with E-state index in [2.05, 4.69) is 22.1 Å². The molecule has 1 N–H and O–H groups in total. The van der Waals surface area contributed by atoms with Crippen LogP contribution in [0.2, 0.25) is 0 Å². The second kappa shape index (κ2) is 6.65. The van der Waals surface area contributed by atoms with Crippen molar-refractivity contribution in [3.8, 4) is 11.8 Å². The Morgan fingerprint density at radius 1 is 1.23 bits per heavy atom. The van der Waals surface area contributed by atoms with Gasteiger partial charge in [-0.05, 0) is 26.2 Å². The van der Waals surface area contributed by atoms with Crippen molar-refractivity contribution in [2.75, 3.05) is 31.1 Å². The summed E-state index contributed by atoms with van der Waals surface area (Å²) >= 11 is 0. The van der Waals surface area contributed by atoms with Gasteiger partial charge in [0, 0.05) is 39.3 Å². The molecule has 1 aliphatic heterocycles. The third-order valence-electron chi connectivity index (χ3n) is 5.41. The molecule has 0 radical (unpaired) electrons. The van der Waals surface area contributed by atoms with Gasteiger partial charge in [0.25, 0.3) is 5.56 Å². The van der Waals surface area contributed by atoms with Crippen molar-refractivity contribution in [3.05, 3.63) is 20.8 Å². The first kappa shape index (κ1) is 16.9. The van der Waals surface area contributed by atoms with Crippen LogP contribution in [0.15, 0.2) is 9.59 Å². The summed E-state index contributed by atoms with van der Waals surface area (Å²) in [6, 6.07) is 0.133. The van der Waals surface area contributed by atoms with Crippen molar-refractivity contribution in [1.82, 2.24) is 24.0 Å². The highest BCUT2D eigenvalue weighted by Crippen LogP contribution is 2.32. The molecule has 8 nitrogen and oxygen atoms in total. The zero-order valence-electron chi connectivity index (χ0n) is 15.3. The number of aromatic nitrogens is 4. The zero-order valence-corrected chi connectivity index (χ0v) is 15.3. The number of rotatable bonds is 3. The first-order valence-electron chi connectivity index (χ1n) is 9.20. The molecule has 0 spiro atoms. The number of hydrogen-bond donors (Lipinski definition) is 1. The third-order valence-corrected chi connectivity index (χ3v) is 5.41. The summed E-state index contributed by atoms with van der Waals surface area (Å²) in [5, 5.41) is 3.33. The summed E-state index contributed by atoms with van der Waals surface area (Å²) in [6.45, 7) is 5.55. The molecule has 4 rings (SSSR count). The second-order valence-electron chi connectivity index (χ2n) is 6.94. The highest BCUT2D eigenvalue weighted by molar-refractivity contribution is 5.75. The van der Waals surface area contributed by atoms with Crippen molar-refractivity contribution < 1.29 is 0 Å². The van der Waals surface area contributed by atoms with Gasteiger partial charge in [-0.25, -0.2) is 4.79 Å². The highest BCUT2D eigenvalue weighted by Gasteiger charge is 2.29. The minimum Gasteiger partial charge on any atom is -0.340 e. The minimum atomic E-state index is -0.299. The lowest BCUT2D eigenvalue weighted by molar-refractivity contribution is 0.305. The van der Waals surface area contributed by atoms with Gasteiger partial charge in [-0.1, -0.05) is 5.92 Å². The Labute approximate surface area is 151 Å². The Hall–Kier alpha value is -2.53. The van der Waals surface area contributed by atoms with Gasteiger partial charge in [-0.15, -0.1) is 5.92 Å². The average Bonchev–Trinajstić information content (AvgIpc) is 3.00. The van der Waals surface area contributed by atoms with E-state index in [1.165, 1.54) is 4.57 Å². The maximum Gasteiger partial charge on any atom is 0.332 e. The van der Waals surface area contributed by atoms with Gasteiger partial charge >= 0.3 is 5.69 Å². The quantitative estimate of drug-likeness (QED) is 0.787. The Balaban J connectivity index is 2.01. The second-order valence-corrected chi connectivity index (χ2v) is 6.94. The van der Waals surface area contributed by atoms with Crippen LogP contribution >= 0.6 is 0 Å². The van der Waals surface area contributed by atoms with E-state index in [0.717, 1.165) is 51.4 Å². The van der Waals surface area contributed by atoms with Gasteiger partial charge in [0.15, 0.2) is 11.2 Å². The van der Waals surface area contributed by atoms with Crippen LogP contribution in [0, 0.1) is 11.8 Å². The van der Waals surface area contributed by atoms with E-state index in [1.807, 2.05) is 4.57 Å². The van der Waals surface area contributed by atoms with E-state index in [0.29, 0.717) is 17.7 Å². The number of anilines is 1. The van der Waals surface area contributed by atoms with E-state index in [4.69, 9.17) is 4.98 Å². The number of fused-ring (bicyclic) bond motifs is 1. The van der Waals surface area contributed by atoms with Crippen molar-refractivity contribution in [2.45, 2.75) is 38.8 Å². The van der Waals surface area contributed by atoms with E-state index in [9.17, 15) is 9.59 Å². The van der Waals surface area contributed by atoms with Gasteiger partial charge in [-0.2, -0.15) is 4.98 Å². The van der Waals surface area contributed by atoms with Crippen LogP contribution in [0.3, 0.4) is 0 Å². The van der Waals surface area contributed by atoms with Gasteiger partial charge < -0.3 is 10.2 Å². The van der Waals surface area contributed by atoms with Crippen molar-refractivity contribution in [3.63, 3.8) is 0 Å². The van der Waals surface area contributed by atoms with Crippen molar-refractivity contribution in [1.29, 1.82) is 0 Å². The molecule has 1 saturated heterocycles. The molecule has 2 aromatic rings. The maximum atomic E-state index is 12.9. The fourth-order valence-corrected chi connectivity index (χ4v) is 3.69. The smallest absolute Gasteiger partial charge is 0.332 e. The third kappa shape index (κ3) is 2.54. The number of nitrogens with zero attached hydrogens (tertiary/aromatic N) is 5. The first-order chi connectivity index (χ1) is 12.6. The maximum absolute atomic E-state index is 12.9. The molecular weight excluding hydrogens is 332 g/mol. The predicted molar refractivity (Wildman–Crippen MR) is 101 cm³/mol. The molecule has 2 fully saturated rings. The molecule has 1 aliphatic carbocycles. The number of nitrogens with one attached hydrogen (secondary N) is 1. The van der Waals surface area contributed by atoms with E-state index in [1.54, 1.807) is 18.5 Å². The molecule has 0 bridgehead atoms. The fourth-order valence-electron chi connectivity index (χ4n) is 3.69. The largest absolute Gasteiger partial charge is 0.340 e. The van der Waals surface area contributed by atoms with Crippen LogP contribution in [0.25, 0.3) is 11.2 Å². The van der Waals surface area contributed by atoms with E-state index >= 15 is 0 Å². The monoisotopic (exact) mass is 356 g/mol. The molecular formula is C18H24N6O2. The molecule has 0 unspecified atom stereocenters. The average molecular weight is 356 g/mol. The van der Waals surface area contributed by atoms with Crippen LogP contribution < -0.4 is 21.5 Å². The summed E-state index contributed by atoms with van der Waals surface area (Å²) in [5.74, 6) is 6.69. The predicted octanol–water partition coefficient (Wildman–Crippen LogP) is 0.0546. The van der Waals surface area contributed by atoms with E-state index < -0.39 is 0 Å².